The number of hydrogen-bond donors (Lipinski definition) is 2. The molecule has 0 heterocycles. The van der Waals surface area contributed by atoms with Crippen LogP contribution < -0.4 is 4.72 Å². The van der Waals surface area contributed by atoms with Crippen molar-refractivity contribution in [2.45, 2.75) is 108 Å². The largest absolute Gasteiger partial charge is 0.456 e. The lowest BCUT2D eigenvalue weighted by Crippen LogP contribution is -2.47. The lowest BCUT2D eigenvalue weighted by molar-refractivity contribution is -0.313. The molecule has 0 aromatic heterocycles. The van der Waals surface area contributed by atoms with Crippen LogP contribution in [0.2, 0.25) is 0 Å². The summed E-state index contributed by atoms with van der Waals surface area (Å²) >= 11 is 0. The number of aliphatic hydroxyl groups is 1. The van der Waals surface area contributed by atoms with Crippen LogP contribution in [0.15, 0.2) is 30.9 Å². The van der Waals surface area contributed by atoms with Gasteiger partial charge in [-0.3, -0.25) is 8.91 Å². The number of halogens is 5. The summed E-state index contributed by atoms with van der Waals surface area (Å²) in [6, 6.07) is 5.68. The van der Waals surface area contributed by atoms with Gasteiger partial charge in [-0.05, 0) is 97.3 Å². The molecule has 0 radical (unpaired) electrons. The van der Waals surface area contributed by atoms with Crippen LogP contribution in [0.4, 0.5) is 27.6 Å². The SMILES string of the molecule is C=C[C@@]12CCc3cc(NS(=O)(=O)OCCCCCC[C@@H](O)C(F)(F)C(F)(F)F)ccc3[C@H]1CC[C@]1(C)CCC[C@H]12. The molecule has 1 aromatic carbocycles. The second kappa shape index (κ2) is 11.5. The summed E-state index contributed by atoms with van der Waals surface area (Å²) in [6.07, 6.45) is 1.63. The minimum absolute atomic E-state index is 0.0545. The van der Waals surface area contributed by atoms with Crippen molar-refractivity contribution in [1.29, 1.82) is 0 Å². The van der Waals surface area contributed by atoms with Crippen molar-refractivity contribution in [2.75, 3.05) is 11.3 Å². The van der Waals surface area contributed by atoms with Gasteiger partial charge < -0.3 is 5.11 Å². The summed E-state index contributed by atoms with van der Waals surface area (Å²) in [5, 5.41) is 9.18. The number of aliphatic hydroxyl groups excluding tert-OH is 1. The molecule has 5 nitrogen and oxygen atoms in total. The van der Waals surface area contributed by atoms with Gasteiger partial charge in [0.1, 0.15) is 6.10 Å². The number of allylic oxidation sites excluding steroid dienone is 1. The molecule has 4 rings (SSSR count). The van der Waals surface area contributed by atoms with Crippen LogP contribution in [0.1, 0.15) is 94.6 Å². The Balaban J connectivity index is 1.26. The maximum atomic E-state index is 13.1. The molecule has 0 aliphatic heterocycles. The molecular formula is C29H40F5NO4S. The van der Waals surface area contributed by atoms with Crippen LogP contribution in [0.3, 0.4) is 0 Å². The van der Waals surface area contributed by atoms with Crippen molar-refractivity contribution in [3.63, 3.8) is 0 Å². The van der Waals surface area contributed by atoms with Crippen molar-refractivity contribution in [2.24, 2.45) is 16.7 Å². The first kappa shape index (κ1) is 31.2. The smallest absolute Gasteiger partial charge is 0.386 e. The quantitative estimate of drug-likeness (QED) is 0.148. The van der Waals surface area contributed by atoms with Crippen LogP contribution in [0.25, 0.3) is 0 Å². The lowest BCUT2D eigenvalue weighted by atomic mass is 9.47. The Bertz CT molecular complexity index is 1170. The maximum Gasteiger partial charge on any atom is 0.456 e. The van der Waals surface area contributed by atoms with E-state index in [-0.39, 0.29) is 31.3 Å². The molecule has 3 aliphatic carbocycles. The van der Waals surface area contributed by atoms with Gasteiger partial charge in [0.15, 0.2) is 0 Å². The summed E-state index contributed by atoms with van der Waals surface area (Å²) in [4.78, 5) is 0. The fourth-order valence-electron chi connectivity index (χ4n) is 7.70. The van der Waals surface area contributed by atoms with Crippen LogP contribution in [0.5, 0.6) is 0 Å². The van der Waals surface area contributed by atoms with Crippen molar-refractivity contribution in [3.05, 3.63) is 42.0 Å². The Kier molecular flexibility index (Phi) is 8.99. The molecule has 0 amide bonds. The van der Waals surface area contributed by atoms with Crippen molar-refractivity contribution in [3.8, 4) is 0 Å². The molecule has 2 N–H and O–H groups in total. The van der Waals surface area contributed by atoms with Crippen LogP contribution in [-0.4, -0.2) is 38.3 Å². The van der Waals surface area contributed by atoms with E-state index < -0.39 is 34.9 Å². The molecule has 3 aliphatic rings. The van der Waals surface area contributed by atoms with Gasteiger partial charge in [0.2, 0.25) is 0 Å². The Labute approximate surface area is 233 Å². The monoisotopic (exact) mass is 593 g/mol. The molecule has 0 bridgehead atoms. The Morgan fingerprint density at radius 1 is 1.12 bits per heavy atom. The fourth-order valence-corrected chi connectivity index (χ4v) is 8.51. The number of unbranched alkanes of at least 4 members (excludes halogenated alkanes) is 3. The van der Waals surface area contributed by atoms with Crippen LogP contribution in [0, 0.1) is 16.7 Å². The van der Waals surface area contributed by atoms with Gasteiger partial charge >= 0.3 is 22.4 Å². The highest BCUT2D eigenvalue weighted by atomic mass is 32.2. The van der Waals surface area contributed by atoms with E-state index in [1.54, 1.807) is 6.07 Å². The zero-order valence-corrected chi connectivity index (χ0v) is 23.7. The van der Waals surface area contributed by atoms with Gasteiger partial charge in [0.05, 0.1) is 12.3 Å². The van der Waals surface area contributed by atoms with Crippen LogP contribution in [-0.2, 0) is 20.9 Å². The zero-order chi connectivity index (χ0) is 29.4. The minimum Gasteiger partial charge on any atom is -0.386 e. The highest BCUT2D eigenvalue weighted by Crippen LogP contribution is 2.67. The normalized spacial score (nSPS) is 29.3. The summed E-state index contributed by atoms with van der Waals surface area (Å²) in [7, 11) is -4.09. The van der Waals surface area contributed by atoms with Crippen molar-refractivity contribution in [1.82, 2.24) is 0 Å². The van der Waals surface area contributed by atoms with Gasteiger partial charge in [0.25, 0.3) is 0 Å². The molecule has 226 valence electrons. The van der Waals surface area contributed by atoms with Crippen molar-refractivity contribution < 1.29 is 39.7 Å². The van der Waals surface area contributed by atoms with E-state index in [1.807, 2.05) is 12.1 Å². The second-order valence-electron chi connectivity index (χ2n) is 12.1. The number of hydrogen-bond acceptors (Lipinski definition) is 4. The summed E-state index contributed by atoms with van der Waals surface area (Å²) in [6.45, 7) is 6.55. The van der Waals surface area contributed by atoms with E-state index in [0.29, 0.717) is 29.4 Å². The molecule has 5 atom stereocenters. The minimum atomic E-state index is -5.80. The zero-order valence-electron chi connectivity index (χ0n) is 22.9. The molecule has 0 saturated heterocycles. The van der Waals surface area contributed by atoms with Gasteiger partial charge in [0, 0.05) is 0 Å². The predicted octanol–water partition coefficient (Wildman–Crippen LogP) is 7.67. The number of fused-ring (bicyclic) bond motifs is 5. The highest BCUT2D eigenvalue weighted by molar-refractivity contribution is 7.88. The Morgan fingerprint density at radius 2 is 1.85 bits per heavy atom. The van der Waals surface area contributed by atoms with Gasteiger partial charge in [-0.25, -0.2) is 0 Å². The standard InChI is InChI=1S/C29H40F5NO4S/c1-3-27-17-13-20-19-21(11-12-22(20)23(27)14-16-26(2)15-8-9-24(26)27)35-40(37,38)39-18-7-5-4-6-10-25(36)28(30,31)29(32,33)34/h3,11-12,19,23-25,35-36H,1,4-10,13-18H2,2H3/t23-,24-,25-,26+,27-/m1/s1. The number of aryl methyl sites for hydroxylation is 1. The molecule has 11 heteroatoms. The van der Waals surface area contributed by atoms with Crippen molar-refractivity contribution >= 4 is 16.0 Å². The van der Waals surface area contributed by atoms with Gasteiger partial charge in [-0.15, -0.1) is 6.58 Å². The third-order valence-electron chi connectivity index (χ3n) is 9.76. The van der Waals surface area contributed by atoms with E-state index in [4.69, 9.17) is 4.18 Å². The molecule has 40 heavy (non-hydrogen) atoms. The highest BCUT2D eigenvalue weighted by Gasteiger charge is 2.62. The lowest BCUT2D eigenvalue weighted by Gasteiger charge is -2.56. The first-order valence-electron chi connectivity index (χ1n) is 14.2. The molecule has 0 spiro atoms. The average molecular weight is 594 g/mol. The topological polar surface area (TPSA) is 75.6 Å². The Hall–Kier alpha value is -1.72. The van der Waals surface area contributed by atoms with E-state index in [9.17, 15) is 35.5 Å². The number of rotatable bonds is 12. The maximum absolute atomic E-state index is 13.1. The van der Waals surface area contributed by atoms with E-state index >= 15 is 0 Å². The van der Waals surface area contributed by atoms with E-state index in [0.717, 1.165) is 24.8 Å². The summed E-state index contributed by atoms with van der Waals surface area (Å²) < 4.78 is 95.3. The summed E-state index contributed by atoms with van der Waals surface area (Å²) in [5.74, 6) is -4.15. The molecule has 2 saturated carbocycles. The van der Waals surface area contributed by atoms with Crippen LogP contribution >= 0.6 is 0 Å². The third-order valence-corrected chi connectivity index (χ3v) is 10.7. The van der Waals surface area contributed by atoms with Gasteiger partial charge in [-0.2, -0.15) is 30.4 Å². The average Bonchev–Trinajstić information content (AvgIpc) is 3.29. The predicted molar refractivity (Wildman–Crippen MR) is 143 cm³/mol. The first-order chi connectivity index (χ1) is 18.7. The number of nitrogens with one attached hydrogen (secondary N) is 1. The van der Waals surface area contributed by atoms with E-state index in [2.05, 4.69) is 24.3 Å². The van der Waals surface area contributed by atoms with E-state index in [1.165, 1.54) is 31.2 Å². The molecular weight excluding hydrogens is 553 g/mol. The number of benzene rings is 1. The Morgan fingerprint density at radius 3 is 2.55 bits per heavy atom. The molecule has 0 unspecified atom stereocenters. The molecule has 2 fully saturated rings. The number of anilines is 1. The second-order valence-corrected chi connectivity index (χ2v) is 13.5. The first-order valence-corrected chi connectivity index (χ1v) is 15.6. The number of alkyl halides is 5. The fraction of sp³-hybridized carbons (Fsp3) is 0.724. The summed E-state index contributed by atoms with van der Waals surface area (Å²) in [5.41, 5.74) is 3.30. The third kappa shape index (κ3) is 6.07. The van der Waals surface area contributed by atoms with Gasteiger partial charge in [-0.1, -0.05) is 44.7 Å². The molecule has 1 aromatic rings.